The van der Waals surface area contributed by atoms with Gasteiger partial charge < -0.3 is 5.11 Å². The topological polar surface area (TPSA) is 40.5 Å². The molecule has 3 unspecified atom stereocenters. The van der Waals surface area contributed by atoms with Crippen LogP contribution in [0.4, 0.5) is 0 Å². The summed E-state index contributed by atoms with van der Waals surface area (Å²) in [4.78, 5) is 13.7. The molecule has 1 fully saturated rings. The quantitative estimate of drug-likeness (QED) is 0.888. The highest BCUT2D eigenvalue weighted by Crippen LogP contribution is 2.41. The van der Waals surface area contributed by atoms with E-state index in [1.807, 2.05) is 0 Å². The second-order valence-electron chi connectivity index (χ2n) is 5.97. The molecular formula is C16H21NO2. The van der Waals surface area contributed by atoms with Crippen LogP contribution in [0.1, 0.15) is 42.5 Å². The average Bonchev–Trinajstić information content (AvgIpc) is 2.92. The van der Waals surface area contributed by atoms with Crippen molar-refractivity contribution in [2.75, 3.05) is 6.54 Å². The van der Waals surface area contributed by atoms with Crippen LogP contribution in [0.3, 0.4) is 0 Å². The predicted octanol–water partition coefficient (Wildman–Crippen LogP) is 2.78. The summed E-state index contributed by atoms with van der Waals surface area (Å²) in [5, 5.41) is 9.26. The van der Waals surface area contributed by atoms with Crippen molar-refractivity contribution in [3.05, 3.63) is 34.9 Å². The van der Waals surface area contributed by atoms with Gasteiger partial charge in [0.25, 0.3) is 0 Å². The lowest BCUT2D eigenvalue weighted by Gasteiger charge is -2.30. The van der Waals surface area contributed by atoms with Crippen molar-refractivity contribution in [1.82, 2.24) is 4.90 Å². The molecule has 19 heavy (non-hydrogen) atoms. The molecule has 1 N–H and O–H groups in total. The molecule has 1 aliphatic heterocycles. The molecule has 3 atom stereocenters. The lowest BCUT2D eigenvalue weighted by atomic mass is 10.0. The Kier molecular flexibility index (Phi) is 3.09. The van der Waals surface area contributed by atoms with Gasteiger partial charge in [0.1, 0.15) is 0 Å². The first-order chi connectivity index (χ1) is 9.08. The number of nitrogens with zero attached hydrogens (tertiary/aromatic N) is 1. The molecule has 0 radical (unpaired) electrons. The summed E-state index contributed by atoms with van der Waals surface area (Å²) in [7, 11) is 0. The van der Waals surface area contributed by atoms with E-state index in [0.717, 1.165) is 25.8 Å². The molecule has 1 aromatic carbocycles. The van der Waals surface area contributed by atoms with Crippen molar-refractivity contribution in [2.24, 2.45) is 5.92 Å². The number of carbonyl (C=O) groups is 1. The minimum Gasteiger partial charge on any atom is -0.481 e. The monoisotopic (exact) mass is 259 g/mol. The Balaban J connectivity index is 1.86. The molecular weight excluding hydrogens is 238 g/mol. The minimum atomic E-state index is -0.641. The molecule has 0 saturated carbocycles. The summed E-state index contributed by atoms with van der Waals surface area (Å²) in [6.07, 6.45) is 3.05. The molecule has 2 aliphatic rings. The van der Waals surface area contributed by atoms with Gasteiger partial charge in [-0.15, -0.1) is 0 Å². The van der Waals surface area contributed by atoms with Crippen LogP contribution in [0.25, 0.3) is 0 Å². The highest BCUT2D eigenvalue weighted by atomic mass is 16.4. The summed E-state index contributed by atoms with van der Waals surface area (Å²) < 4.78 is 0. The Bertz CT molecular complexity index is 511. The molecule has 1 heterocycles. The standard InChI is InChI=1S/C16H21NO2/c1-10-3-4-12-5-6-15(14(12)9-10)17-8-7-13(11(17)2)16(18)19/h3-4,9,11,13,15H,5-8H2,1-2H3,(H,18,19). The van der Waals surface area contributed by atoms with E-state index in [1.165, 1.54) is 16.7 Å². The molecule has 1 aliphatic carbocycles. The minimum absolute atomic E-state index is 0.147. The van der Waals surface area contributed by atoms with Gasteiger partial charge in [0, 0.05) is 12.1 Å². The van der Waals surface area contributed by atoms with E-state index in [9.17, 15) is 9.90 Å². The van der Waals surface area contributed by atoms with E-state index >= 15 is 0 Å². The summed E-state index contributed by atoms with van der Waals surface area (Å²) in [6, 6.07) is 7.27. The number of hydrogen-bond acceptors (Lipinski definition) is 2. The first kappa shape index (κ1) is 12.7. The predicted molar refractivity (Wildman–Crippen MR) is 74.2 cm³/mol. The number of carboxylic acid groups (broad SMARTS) is 1. The van der Waals surface area contributed by atoms with Gasteiger partial charge in [-0.25, -0.2) is 0 Å². The van der Waals surface area contributed by atoms with Gasteiger partial charge in [-0.2, -0.15) is 0 Å². The van der Waals surface area contributed by atoms with Gasteiger partial charge >= 0.3 is 5.97 Å². The molecule has 0 amide bonds. The van der Waals surface area contributed by atoms with Gasteiger partial charge in [0.05, 0.1) is 5.92 Å². The van der Waals surface area contributed by atoms with E-state index in [4.69, 9.17) is 0 Å². The second-order valence-corrected chi connectivity index (χ2v) is 5.97. The molecule has 3 rings (SSSR count). The third kappa shape index (κ3) is 2.06. The first-order valence-corrected chi connectivity index (χ1v) is 7.16. The maximum absolute atomic E-state index is 11.2. The third-order valence-corrected chi connectivity index (χ3v) is 4.87. The van der Waals surface area contributed by atoms with Crippen LogP contribution in [-0.4, -0.2) is 28.6 Å². The highest BCUT2D eigenvalue weighted by molar-refractivity contribution is 5.71. The van der Waals surface area contributed by atoms with Gasteiger partial charge in [-0.1, -0.05) is 23.8 Å². The SMILES string of the molecule is Cc1ccc2c(c1)C(N1CCC(C(=O)O)C1C)CC2. The number of aryl methyl sites for hydroxylation is 2. The molecule has 1 saturated heterocycles. The number of likely N-dealkylation sites (tertiary alicyclic amines) is 1. The summed E-state index contributed by atoms with van der Waals surface area (Å²) in [6.45, 7) is 5.11. The highest BCUT2D eigenvalue weighted by Gasteiger charge is 2.41. The Morgan fingerprint density at radius 2 is 2.16 bits per heavy atom. The van der Waals surface area contributed by atoms with Crippen LogP contribution in [0.5, 0.6) is 0 Å². The van der Waals surface area contributed by atoms with E-state index in [2.05, 4.69) is 36.9 Å². The van der Waals surface area contributed by atoms with Gasteiger partial charge in [-0.05, 0) is 50.8 Å². The Hall–Kier alpha value is -1.35. The molecule has 3 nitrogen and oxygen atoms in total. The lowest BCUT2D eigenvalue weighted by Crippen LogP contribution is -2.35. The maximum atomic E-state index is 11.2. The third-order valence-electron chi connectivity index (χ3n) is 4.87. The van der Waals surface area contributed by atoms with Crippen molar-refractivity contribution in [3.63, 3.8) is 0 Å². The van der Waals surface area contributed by atoms with Crippen LogP contribution < -0.4 is 0 Å². The lowest BCUT2D eigenvalue weighted by molar-refractivity contribution is -0.142. The molecule has 0 aromatic heterocycles. The summed E-state index contributed by atoms with van der Waals surface area (Å²) in [5.41, 5.74) is 4.17. The smallest absolute Gasteiger partial charge is 0.308 e. The summed E-state index contributed by atoms with van der Waals surface area (Å²) >= 11 is 0. The van der Waals surface area contributed by atoms with Crippen LogP contribution in [0, 0.1) is 12.8 Å². The van der Waals surface area contributed by atoms with Crippen LogP contribution >= 0.6 is 0 Å². The van der Waals surface area contributed by atoms with Crippen molar-refractivity contribution in [1.29, 1.82) is 0 Å². The molecule has 3 heteroatoms. The number of aliphatic carboxylic acids is 1. The fourth-order valence-electron chi connectivity index (χ4n) is 3.78. The van der Waals surface area contributed by atoms with Gasteiger partial charge in [0.15, 0.2) is 0 Å². The van der Waals surface area contributed by atoms with Gasteiger partial charge in [-0.3, -0.25) is 9.69 Å². The average molecular weight is 259 g/mol. The number of benzene rings is 1. The van der Waals surface area contributed by atoms with Crippen LogP contribution in [0.15, 0.2) is 18.2 Å². The zero-order valence-corrected chi connectivity index (χ0v) is 11.6. The molecule has 0 spiro atoms. The maximum Gasteiger partial charge on any atom is 0.308 e. The normalized spacial score (nSPS) is 30.5. The van der Waals surface area contributed by atoms with E-state index < -0.39 is 5.97 Å². The Morgan fingerprint density at radius 1 is 1.37 bits per heavy atom. The molecule has 0 bridgehead atoms. The number of fused-ring (bicyclic) bond motifs is 1. The van der Waals surface area contributed by atoms with E-state index in [1.54, 1.807) is 0 Å². The van der Waals surface area contributed by atoms with E-state index in [0.29, 0.717) is 6.04 Å². The van der Waals surface area contributed by atoms with Crippen molar-refractivity contribution >= 4 is 5.97 Å². The zero-order valence-electron chi connectivity index (χ0n) is 11.6. The number of carboxylic acids is 1. The van der Waals surface area contributed by atoms with E-state index in [-0.39, 0.29) is 12.0 Å². The molecule has 102 valence electrons. The number of rotatable bonds is 2. The van der Waals surface area contributed by atoms with Crippen molar-refractivity contribution in [2.45, 2.75) is 45.2 Å². The van der Waals surface area contributed by atoms with Gasteiger partial charge in [0.2, 0.25) is 0 Å². The Morgan fingerprint density at radius 3 is 2.84 bits per heavy atom. The Labute approximate surface area is 114 Å². The fourth-order valence-corrected chi connectivity index (χ4v) is 3.78. The van der Waals surface area contributed by atoms with Crippen LogP contribution in [0.2, 0.25) is 0 Å². The van der Waals surface area contributed by atoms with Crippen LogP contribution in [-0.2, 0) is 11.2 Å². The second kappa shape index (κ2) is 4.64. The zero-order chi connectivity index (χ0) is 13.6. The first-order valence-electron chi connectivity index (χ1n) is 7.16. The molecule has 1 aromatic rings. The van der Waals surface area contributed by atoms with Crippen molar-refractivity contribution in [3.8, 4) is 0 Å². The van der Waals surface area contributed by atoms with Crippen molar-refractivity contribution < 1.29 is 9.90 Å². The largest absolute Gasteiger partial charge is 0.481 e. The summed E-state index contributed by atoms with van der Waals surface area (Å²) in [5.74, 6) is -0.841. The number of hydrogen-bond donors (Lipinski definition) is 1. The fraction of sp³-hybridized carbons (Fsp3) is 0.562.